The fraction of sp³-hybridized carbons (Fsp3) is 0.0667. The van der Waals surface area contributed by atoms with Crippen LogP contribution in [0.1, 0.15) is 17.2 Å². The number of phenolic OH excluding ortho intramolecular Hbond substituents is 1. The first-order valence-electron chi connectivity index (χ1n) is 5.30. The SMILES string of the molecule is Oc1ccccc1C#CC(O)c1ccccc1. The standard InChI is InChI=1S/C15H12O2/c16-14-9-5-4-8-13(14)10-11-15(17)12-6-2-1-3-7-12/h1-9,15-17H. The van der Waals surface area contributed by atoms with E-state index in [0.717, 1.165) is 5.56 Å². The summed E-state index contributed by atoms with van der Waals surface area (Å²) in [4.78, 5) is 0. The highest BCUT2D eigenvalue weighted by molar-refractivity contribution is 5.45. The van der Waals surface area contributed by atoms with Gasteiger partial charge >= 0.3 is 0 Å². The van der Waals surface area contributed by atoms with Crippen LogP contribution in [0.15, 0.2) is 54.6 Å². The Labute approximate surface area is 100 Å². The van der Waals surface area contributed by atoms with E-state index in [-0.39, 0.29) is 5.75 Å². The van der Waals surface area contributed by atoms with Gasteiger partial charge in [-0.25, -0.2) is 0 Å². The van der Waals surface area contributed by atoms with Gasteiger partial charge in [0, 0.05) is 0 Å². The van der Waals surface area contributed by atoms with Gasteiger partial charge in [0.1, 0.15) is 11.9 Å². The quantitative estimate of drug-likeness (QED) is 0.730. The number of benzene rings is 2. The van der Waals surface area contributed by atoms with Crippen molar-refractivity contribution in [2.45, 2.75) is 6.10 Å². The van der Waals surface area contributed by atoms with Gasteiger partial charge in [-0.15, -0.1) is 0 Å². The molecule has 84 valence electrons. The van der Waals surface area contributed by atoms with Crippen LogP contribution in [0.25, 0.3) is 0 Å². The van der Waals surface area contributed by atoms with Gasteiger partial charge in [0.2, 0.25) is 0 Å². The van der Waals surface area contributed by atoms with E-state index in [0.29, 0.717) is 5.56 Å². The fourth-order valence-electron chi connectivity index (χ4n) is 1.44. The minimum Gasteiger partial charge on any atom is -0.507 e. The molecule has 1 unspecified atom stereocenters. The molecule has 2 N–H and O–H groups in total. The lowest BCUT2D eigenvalue weighted by Crippen LogP contribution is -1.92. The molecule has 0 aliphatic rings. The number of rotatable bonds is 1. The molecule has 0 bridgehead atoms. The zero-order valence-corrected chi connectivity index (χ0v) is 9.17. The van der Waals surface area contributed by atoms with Crippen molar-refractivity contribution in [3.63, 3.8) is 0 Å². The minimum atomic E-state index is -0.837. The topological polar surface area (TPSA) is 40.5 Å². The van der Waals surface area contributed by atoms with Crippen LogP contribution in [0.4, 0.5) is 0 Å². The Morgan fingerprint density at radius 2 is 1.53 bits per heavy atom. The lowest BCUT2D eigenvalue weighted by atomic mass is 10.1. The third-order valence-corrected chi connectivity index (χ3v) is 2.36. The largest absolute Gasteiger partial charge is 0.507 e. The van der Waals surface area contributed by atoms with E-state index in [1.807, 2.05) is 30.3 Å². The van der Waals surface area contributed by atoms with Crippen LogP contribution >= 0.6 is 0 Å². The average molecular weight is 224 g/mol. The molecule has 2 heteroatoms. The van der Waals surface area contributed by atoms with Crippen LogP contribution < -0.4 is 0 Å². The number of hydrogen-bond donors (Lipinski definition) is 2. The molecule has 0 radical (unpaired) electrons. The fourth-order valence-corrected chi connectivity index (χ4v) is 1.44. The first-order chi connectivity index (χ1) is 8.27. The molecule has 0 aliphatic heterocycles. The molecule has 0 saturated heterocycles. The number of hydrogen-bond acceptors (Lipinski definition) is 2. The van der Waals surface area contributed by atoms with Gasteiger partial charge in [0.05, 0.1) is 5.56 Å². The van der Waals surface area contributed by atoms with Gasteiger partial charge in [0.15, 0.2) is 0 Å². The summed E-state index contributed by atoms with van der Waals surface area (Å²) in [6.07, 6.45) is -0.837. The molecule has 0 aliphatic carbocycles. The summed E-state index contributed by atoms with van der Waals surface area (Å²) < 4.78 is 0. The zero-order chi connectivity index (χ0) is 12.1. The van der Waals surface area contributed by atoms with Crippen LogP contribution in [0, 0.1) is 11.8 Å². The van der Waals surface area contributed by atoms with Crippen molar-refractivity contribution in [3.8, 4) is 17.6 Å². The normalized spacial score (nSPS) is 11.4. The van der Waals surface area contributed by atoms with Crippen molar-refractivity contribution in [2.75, 3.05) is 0 Å². The maximum Gasteiger partial charge on any atom is 0.140 e. The number of aliphatic hydroxyl groups excluding tert-OH is 1. The van der Waals surface area contributed by atoms with Crippen molar-refractivity contribution in [1.82, 2.24) is 0 Å². The Kier molecular flexibility index (Phi) is 3.44. The van der Waals surface area contributed by atoms with Crippen LogP contribution in [-0.2, 0) is 0 Å². The second kappa shape index (κ2) is 5.20. The van der Waals surface area contributed by atoms with E-state index >= 15 is 0 Å². The van der Waals surface area contributed by atoms with E-state index in [2.05, 4.69) is 11.8 Å². The van der Waals surface area contributed by atoms with Gasteiger partial charge < -0.3 is 10.2 Å². The molecule has 2 rings (SSSR count). The van der Waals surface area contributed by atoms with Crippen molar-refractivity contribution in [3.05, 3.63) is 65.7 Å². The monoisotopic (exact) mass is 224 g/mol. The molecular formula is C15H12O2. The van der Waals surface area contributed by atoms with E-state index in [1.54, 1.807) is 24.3 Å². The predicted molar refractivity (Wildman–Crippen MR) is 66.4 cm³/mol. The molecule has 0 spiro atoms. The summed E-state index contributed by atoms with van der Waals surface area (Å²) in [5.74, 6) is 5.59. The number of para-hydroxylation sites is 1. The maximum absolute atomic E-state index is 9.82. The molecule has 2 aromatic carbocycles. The number of aromatic hydroxyl groups is 1. The van der Waals surface area contributed by atoms with Gasteiger partial charge in [-0.1, -0.05) is 54.3 Å². The van der Waals surface area contributed by atoms with E-state index in [4.69, 9.17) is 0 Å². The second-order valence-electron chi connectivity index (χ2n) is 3.60. The molecule has 2 aromatic rings. The first kappa shape index (κ1) is 11.3. The van der Waals surface area contributed by atoms with Crippen molar-refractivity contribution in [1.29, 1.82) is 0 Å². The van der Waals surface area contributed by atoms with Crippen molar-refractivity contribution < 1.29 is 10.2 Å². The number of phenols is 1. The predicted octanol–water partition coefficient (Wildman–Crippen LogP) is 2.48. The maximum atomic E-state index is 9.82. The molecule has 0 heterocycles. The minimum absolute atomic E-state index is 0.125. The lowest BCUT2D eigenvalue weighted by molar-refractivity contribution is 0.238. The van der Waals surface area contributed by atoms with Crippen LogP contribution in [0.2, 0.25) is 0 Å². The second-order valence-corrected chi connectivity index (χ2v) is 3.60. The summed E-state index contributed by atoms with van der Waals surface area (Å²) in [5.41, 5.74) is 1.26. The molecule has 1 atom stereocenters. The van der Waals surface area contributed by atoms with E-state index in [1.165, 1.54) is 0 Å². The summed E-state index contributed by atoms with van der Waals surface area (Å²) in [6.45, 7) is 0. The highest BCUT2D eigenvalue weighted by atomic mass is 16.3. The van der Waals surface area contributed by atoms with Gasteiger partial charge in [-0.05, 0) is 17.7 Å². The molecule has 0 aromatic heterocycles. The Balaban J connectivity index is 2.21. The van der Waals surface area contributed by atoms with E-state index < -0.39 is 6.10 Å². The molecular weight excluding hydrogens is 212 g/mol. The molecule has 17 heavy (non-hydrogen) atoms. The Hall–Kier alpha value is -2.24. The van der Waals surface area contributed by atoms with Gasteiger partial charge in [0.25, 0.3) is 0 Å². The van der Waals surface area contributed by atoms with E-state index in [9.17, 15) is 10.2 Å². The van der Waals surface area contributed by atoms with Gasteiger partial charge in [-0.3, -0.25) is 0 Å². The Morgan fingerprint density at radius 3 is 2.24 bits per heavy atom. The van der Waals surface area contributed by atoms with Crippen LogP contribution in [-0.4, -0.2) is 10.2 Å². The third kappa shape index (κ3) is 2.87. The molecule has 0 saturated carbocycles. The summed E-state index contributed by atoms with van der Waals surface area (Å²) in [6, 6.07) is 16.0. The van der Waals surface area contributed by atoms with Gasteiger partial charge in [-0.2, -0.15) is 0 Å². The first-order valence-corrected chi connectivity index (χ1v) is 5.30. The Bertz CT molecular complexity index is 550. The summed E-state index contributed by atoms with van der Waals surface area (Å²) in [5, 5.41) is 19.3. The lowest BCUT2D eigenvalue weighted by Gasteiger charge is -2.02. The van der Waals surface area contributed by atoms with Crippen LogP contribution in [0.3, 0.4) is 0 Å². The molecule has 0 fully saturated rings. The highest BCUT2D eigenvalue weighted by Crippen LogP contribution is 2.15. The van der Waals surface area contributed by atoms with Crippen molar-refractivity contribution >= 4 is 0 Å². The van der Waals surface area contributed by atoms with Crippen molar-refractivity contribution in [2.24, 2.45) is 0 Å². The highest BCUT2D eigenvalue weighted by Gasteiger charge is 2.01. The zero-order valence-electron chi connectivity index (χ0n) is 9.17. The smallest absolute Gasteiger partial charge is 0.140 e. The number of aliphatic hydroxyl groups is 1. The summed E-state index contributed by atoms with van der Waals surface area (Å²) >= 11 is 0. The summed E-state index contributed by atoms with van der Waals surface area (Å²) in [7, 11) is 0. The Morgan fingerprint density at radius 1 is 0.882 bits per heavy atom. The average Bonchev–Trinajstić information content (AvgIpc) is 2.38. The molecule has 0 amide bonds. The van der Waals surface area contributed by atoms with Crippen LogP contribution in [0.5, 0.6) is 5.75 Å². The molecule has 2 nitrogen and oxygen atoms in total. The third-order valence-electron chi connectivity index (χ3n) is 2.36.